The molecule has 0 fully saturated rings. The summed E-state index contributed by atoms with van der Waals surface area (Å²) >= 11 is 3.41. The minimum atomic E-state index is 0.629. The topological polar surface area (TPSA) is 61.3 Å². The van der Waals surface area contributed by atoms with E-state index < -0.39 is 0 Å². The van der Waals surface area contributed by atoms with Crippen molar-refractivity contribution in [2.24, 2.45) is 0 Å². The maximum absolute atomic E-state index is 10.6. The molecule has 5 nitrogen and oxygen atoms in total. The maximum Gasteiger partial charge on any atom is 0.150 e. The SMILES string of the molecule is COc1ccnc2ccc(Br)cc12.COc1ccnc2ccc(C=O)cc12. The van der Waals surface area contributed by atoms with E-state index in [4.69, 9.17) is 9.47 Å². The van der Waals surface area contributed by atoms with Crippen LogP contribution in [0.1, 0.15) is 10.4 Å². The van der Waals surface area contributed by atoms with Crippen molar-refractivity contribution < 1.29 is 14.3 Å². The molecule has 0 unspecified atom stereocenters. The standard InChI is InChI=1S/C11H9NO2.C10H8BrNO/c1-14-11-4-5-12-10-3-2-8(7-13)6-9(10)11;1-13-10-4-5-12-9-3-2-7(11)6-8(9)10/h2-7H,1H3;2-6H,1H3. The lowest BCUT2D eigenvalue weighted by Crippen LogP contribution is -1.88. The highest BCUT2D eigenvalue weighted by atomic mass is 79.9. The number of methoxy groups -OCH3 is 2. The van der Waals surface area contributed by atoms with Crippen LogP contribution in [-0.4, -0.2) is 30.5 Å². The van der Waals surface area contributed by atoms with Gasteiger partial charge in [0.1, 0.15) is 17.8 Å². The summed E-state index contributed by atoms with van der Waals surface area (Å²) in [4.78, 5) is 19.0. The van der Waals surface area contributed by atoms with Gasteiger partial charge in [0, 0.05) is 33.2 Å². The molecule has 0 N–H and O–H groups in total. The molecule has 2 aromatic heterocycles. The highest BCUT2D eigenvalue weighted by molar-refractivity contribution is 9.10. The number of nitrogens with zero attached hydrogens (tertiary/aromatic N) is 2. The van der Waals surface area contributed by atoms with Gasteiger partial charge in [0.25, 0.3) is 0 Å². The molecule has 0 aliphatic rings. The van der Waals surface area contributed by atoms with Crippen molar-refractivity contribution in [3.8, 4) is 11.5 Å². The summed E-state index contributed by atoms with van der Waals surface area (Å²) < 4.78 is 11.4. The van der Waals surface area contributed by atoms with Gasteiger partial charge in [-0.2, -0.15) is 0 Å². The average molecular weight is 425 g/mol. The third-order valence-electron chi connectivity index (χ3n) is 3.97. The molecule has 0 aliphatic carbocycles. The van der Waals surface area contributed by atoms with Crippen LogP contribution in [0, 0.1) is 0 Å². The molecule has 4 rings (SSSR count). The van der Waals surface area contributed by atoms with Crippen molar-refractivity contribution in [2.75, 3.05) is 14.2 Å². The molecule has 136 valence electrons. The van der Waals surface area contributed by atoms with E-state index in [0.717, 1.165) is 44.1 Å². The fourth-order valence-corrected chi connectivity index (χ4v) is 3.02. The lowest BCUT2D eigenvalue weighted by molar-refractivity contribution is 0.112. The number of aldehydes is 1. The molecule has 4 aromatic rings. The second-order valence-electron chi connectivity index (χ2n) is 5.58. The van der Waals surface area contributed by atoms with Crippen LogP contribution in [0.5, 0.6) is 11.5 Å². The zero-order valence-electron chi connectivity index (χ0n) is 14.8. The Labute approximate surface area is 165 Å². The summed E-state index contributed by atoms with van der Waals surface area (Å²) in [5.41, 5.74) is 2.40. The van der Waals surface area contributed by atoms with Crippen LogP contribution in [-0.2, 0) is 0 Å². The first-order valence-corrected chi connectivity index (χ1v) is 8.91. The van der Waals surface area contributed by atoms with E-state index in [1.165, 1.54) is 0 Å². The number of rotatable bonds is 3. The number of hydrogen-bond acceptors (Lipinski definition) is 5. The maximum atomic E-state index is 10.6. The third kappa shape index (κ3) is 4.23. The molecule has 6 heteroatoms. The lowest BCUT2D eigenvalue weighted by atomic mass is 10.1. The van der Waals surface area contributed by atoms with Crippen molar-refractivity contribution in [2.45, 2.75) is 0 Å². The molecular weight excluding hydrogens is 408 g/mol. The van der Waals surface area contributed by atoms with Gasteiger partial charge in [-0.1, -0.05) is 15.9 Å². The summed E-state index contributed by atoms with van der Waals surface area (Å²) in [5.74, 6) is 1.59. The second-order valence-corrected chi connectivity index (χ2v) is 6.50. The molecule has 0 aliphatic heterocycles. The first-order chi connectivity index (χ1) is 13.2. The van der Waals surface area contributed by atoms with E-state index in [0.29, 0.717) is 5.56 Å². The molecule has 2 aromatic carbocycles. The Bertz CT molecular complexity index is 1100. The van der Waals surface area contributed by atoms with Gasteiger partial charge >= 0.3 is 0 Å². The molecule has 27 heavy (non-hydrogen) atoms. The second kappa shape index (κ2) is 8.60. The lowest BCUT2D eigenvalue weighted by Gasteiger charge is -2.04. The molecule has 0 radical (unpaired) electrons. The smallest absolute Gasteiger partial charge is 0.150 e. The number of fused-ring (bicyclic) bond motifs is 2. The number of aromatic nitrogens is 2. The zero-order chi connectivity index (χ0) is 19.2. The van der Waals surface area contributed by atoms with Gasteiger partial charge in [0.2, 0.25) is 0 Å². The Morgan fingerprint density at radius 2 is 1.37 bits per heavy atom. The monoisotopic (exact) mass is 424 g/mol. The van der Waals surface area contributed by atoms with Crippen LogP contribution < -0.4 is 9.47 Å². The Balaban J connectivity index is 0.000000156. The van der Waals surface area contributed by atoms with Crippen LogP contribution in [0.2, 0.25) is 0 Å². The summed E-state index contributed by atoms with van der Waals surface area (Å²) in [5, 5.41) is 1.89. The number of halogens is 1. The number of carbonyl (C=O) groups is 1. The molecule has 0 atom stereocenters. The summed E-state index contributed by atoms with van der Waals surface area (Å²) in [6, 6.07) is 14.9. The zero-order valence-corrected chi connectivity index (χ0v) is 16.4. The largest absolute Gasteiger partial charge is 0.496 e. The number of pyridine rings is 2. The van der Waals surface area contributed by atoms with Gasteiger partial charge in [-0.05, 0) is 48.5 Å². The molecular formula is C21H17BrN2O3. The predicted octanol–water partition coefficient (Wildman–Crippen LogP) is 5.06. The minimum Gasteiger partial charge on any atom is -0.496 e. The van der Waals surface area contributed by atoms with Crippen molar-refractivity contribution in [3.63, 3.8) is 0 Å². The fourth-order valence-electron chi connectivity index (χ4n) is 2.66. The van der Waals surface area contributed by atoms with E-state index in [1.54, 1.807) is 44.8 Å². The van der Waals surface area contributed by atoms with Crippen LogP contribution in [0.3, 0.4) is 0 Å². The average Bonchev–Trinajstić information content (AvgIpc) is 2.72. The van der Waals surface area contributed by atoms with Crippen LogP contribution in [0.15, 0.2) is 65.4 Å². The van der Waals surface area contributed by atoms with E-state index in [2.05, 4.69) is 25.9 Å². The molecule has 0 bridgehead atoms. The van der Waals surface area contributed by atoms with Crippen molar-refractivity contribution in [1.29, 1.82) is 0 Å². The molecule has 0 spiro atoms. The summed E-state index contributed by atoms with van der Waals surface area (Å²) in [7, 11) is 3.26. The van der Waals surface area contributed by atoms with Crippen molar-refractivity contribution >= 4 is 44.0 Å². The Morgan fingerprint density at radius 3 is 1.93 bits per heavy atom. The van der Waals surface area contributed by atoms with E-state index in [-0.39, 0.29) is 0 Å². The van der Waals surface area contributed by atoms with Gasteiger partial charge in [-0.3, -0.25) is 14.8 Å². The summed E-state index contributed by atoms with van der Waals surface area (Å²) in [6.45, 7) is 0. The molecule has 0 saturated heterocycles. The molecule has 0 saturated carbocycles. The van der Waals surface area contributed by atoms with Gasteiger partial charge in [0.05, 0.1) is 25.3 Å². The molecule has 0 amide bonds. The van der Waals surface area contributed by atoms with Crippen LogP contribution >= 0.6 is 15.9 Å². The number of hydrogen-bond donors (Lipinski definition) is 0. The van der Waals surface area contributed by atoms with Crippen molar-refractivity contribution in [1.82, 2.24) is 9.97 Å². The van der Waals surface area contributed by atoms with E-state index in [9.17, 15) is 4.79 Å². The van der Waals surface area contributed by atoms with Gasteiger partial charge in [-0.25, -0.2) is 0 Å². The molecule has 2 heterocycles. The normalized spacial score (nSPS) is 10.2. The first-order valence-electron chi connectivity index (χ1n) is 8.12. The quantitative estimate of drug-likeness (QED) is 0.430. The highest BCUT2D eigenvalue weighted by Crippen LogP contribution is 2.26. The first kappa shape index (κ1) is 18.8. The Hall–Kier alpha value is -2.99. The number of ether oxygens (including phenoxy) is 2. The Kier molecular flexibility index (Phi) is 5.98. The number of benzene rings is 2. The van der Waals surface area contributed by atoms with Gasteiger partial charge < -0.3 is 9.47 Å². The minimum absolute atomic E-state index is 0.629. The Morgan fingerprint density at radius 1 is 0.815 bits per heavy atom. The van der Waals surface area contributed by atoms with Crippen LogP contribution in [0.4, 0.5) is 0 Å². The van der Waals surface area contributed by atoms with E-state index in [1.807, 2.05) is 30.3 Å². The highest BCUT2D eigenvalue weighted by Gasteiger charge is 2.02. The van der Waals surface area contributed by atoms with Gasteiger partial charge in [0.15, 0.2) is 0 Å². The van der Waals surface area contributed by atoms with Crippen molar-refractivity contribution in [3.05, 3.63) is 71.0 Å². The summed E-state index contributed by atoms with van der Waals surface area (Å²) in [6.07, 6.45) is 4.24. The third-order valence-corrected chi connectivity index (χ3v) is 4.46. The van der Waals surface area contributed by atoms with Gasteiger partial charge in [-0.15, -0.1) is 0 Å². The van der Waals surface area contributed by atoms with Crippen LogP contribution in [0.25, 0.3) is 21.8 Å². The van der Waals surface area contributed by atoms with E-state index >= 15 is 0 Å². The fraction of sp³-hybridized carbons (Fsp3) is 0.0952. The predicted molar refractivity (Wildman–Crippen MR) is 110 cm³/mol. The number of carbonyl (C=O) groups excluding carboxylic acids is 1.